The monoisotopic (exact) mass is 392 g/mol. The first-order valence-corrected chi connectivity index (χ1v) is 7.79. The Bertz CT molecular complexity index is 1010. The van der Waals surface area contributed by atoms with E-state index in [-0.39, 0.29) is 22.1 Å². The van der Waals surface area contributed by atoms with Crippen molar-refractivity contribution < 1.29 is 23.0 Å². The van der Waals surface area contributed by atoms with Crippen molar-refractivity contribution >= 4 is 23.8 Å². The Balaban J connectivity index is 1.82. The number of hydrogen-bond donors (Lipinski definition) is 0. The zero-order chi connectivity index (χ0) is 19.4. The van der Waals surface area contributed by atoms with E-state index < -0.39 is 17.6 Å². The standard InChI is InChI=1S/C17H11ClF2N4O3/c1-26-16-4-10(7-23-24-8-21-22-9-24)2-3-15(16)27-17(25)11-5-13(19)14(20)6-12(11)18/h2-9H,1H3/b23-7-. The van der Waals surface area contributed by atoms with E-state index in [1.165, 1.54) is 36.7 Å². The van der Waals surface area contributed by atoms with Gasteiger partial charge in [-0.25, -0.2) is 18.3 Å². The summed E-state index contributed by atoms with van der Waals surface area (Å²) in [6, 6.07) is 6.04. The Kier molecular flexibility index (Phi) is 5.41. The van der Waals surface area contributed by atoms with Gasteiger partial charge in [0.15, 0.2) is 23.1 Å². The summed E-state index contributed by atoms with van der Waals surface area (Å²) >= 11 is 5.78. The number of ether oxygens (including phenoxy) is 2. The quantitative estimate of drug-likeness (QED) is 0.288. The molecule has 0 atom stereocenters. The molecule has 0 aliphatic rings. The highest BCUT2D eigenvalue weighted by atomic mass is 35.5. The molecule has 3 rings (SSSR count). The van der Waals surface area contributed by atoms with Crippen LogP contribution < -0.4 is 9.47 Å². The molecule has 1 heterocycles. The van der Waals surface area contributed by atoms with Crippen LogP contribution in [0.1, 0.15) is 15.9 Å². The zero-order valence-electron chi connectivity index (χ0n) is 13.8. The minimum Gasteiger partial charge on any atom is -0.493 e. The average Bonchev–Trinajstić information content (AvgIpc) is 3.17. The summed E-state index contributed by atoms with van der Waals surface area (Å²) in [6.45, 7) is 0. The molecule has 0 unspecified atom stereocenters. The third-order valence-corrected chi connectivity index (χ3v) is 3.68. The van der Waals surface area contributed by atoms with Crippen LogP contribution in [-0.2, 0) is 0 Å². The molecule has 10 heteroatoms. The molecule has 0 bridgehead atoms. The lowest BCUT2D eigenvalue weighted by Crippen LogP contribution is -2.11. The second-order valence-electron chi connectivity index (χ2n) is 5.13. The normalized spacial score (nSPS) is 11.0. The molecule has 0 N–H and O–H groups in total. The van der Waals surface area contributed by atoms with Crippen molar-refractivity contribution in [2.75, 3.05) is 7.11 Å². The highest BCUT2D eigenvalue weighted by Gasteiger charge is 2.18. The number of halogens is 3. The van der Waals surface area contributed by atoms with E-state index in [4.69, 9.17) is 21.1 Å². The lowest BCUT2D eigenvalue weighted by molar-refractivity contribution is 0.0729. The predicted octanol–water partition coefficient (Wildman–Crippen LogP) is 3.32. The maximum Gasteiger partial charge on any atom is 0.345 e. The van der Waals surface area contributed by atoms with Crippen molar-refractivity contribution in [1.82, 2.24) is 14.9 Å². The number of carbonyl (C=O) groups excluding carboxylic acids is 1. The van der Waals surface area contributed by atoms with E-state index in [2.05, 4.69) is 15.3 Å². The summed E-state index contributed by atoms with van der Waals surface area (Å²) in [5.74, 6) is -3.02. The minimum atomic E-state index is -1.21. The van der Waals surface area contributed by atoms with Gasteiger partial charge in [-0.2, -0.15) is 5.10 Å². The van der Waals surface area contributed by atoms with E-state index in [0.717, 1.165) is 0 Å². The van der Waals surface area contributed by atoms with E-state index in [9.17, 15) is 13.6 Å². The molecule has 0 amide bonds. The van der Waals surface area contributed by atoms with Gasteiger partial charge in [-0.15, -0.1) is 10.2 Å². The van der Waals surface area contributed by atoms with Crippen LogP contribution in [-0.4, -0.2) is 34.2 Å². The topological polar surface area (TPSA) is 78.6 Å². The van der Waals surface area contributed by atoms with E-state index in [1.807, 2.05) is 0 Å². The fourth-order valence-corrected chi connectivity index (χ4v) is 2.30. The first-order chi connectivity index (χ1) is 13.0. The Morgan fingerprint density at radius 1 is 1.15 bits per heavy atom. The maximum atomic E-state index is 13.4. The van der Waals surface area contributed by atoms with Crippen molar-refractivity contribution in [3.8, 4) is 11.5 Å². The number of benzene rings is 2. The summed E-state index contributed by atoms with van der Waals surface area (Å²) in [7, 11) is 1.39. The molecule has 138 valence electrons. The number of rotatable bonds is 5. The molecule has 3 aromatic rings. The molecule has 0 aliphatic heterocycles. The fraction of sp³-hybridized carbons (Fsp3) is 0.0588. The Labute approximate surface area is 156 Å². The lowest BCUT2D eigenvalue weighted by atomic mass is 10.2. The van der Waals surface area contributed by atoms with E-state index in [0.29, 0.717) is 17.7 Å². The Morgan fingerprint density at radius 2 is 1.85 bits per heavy atom. The molecule has 2 aromatic carbocycles. The molecular weight excluding hydrogens is 382 g/mol. The third-order valence-electron chi connectivity index (χ3n) is 3.37. The summed E-state index contributed by atoms with van der Waals surface area (Å²) in [5.41, 5.74) is 0.335. The van der Waals surface area contributed by atoms with Crippen LogP contribution in [0, 0.1) is 11.6 Å². The predicted molar refractivity (Wildman–Crippen MR) is 92.3 cm³/mol. The molecule has 1 aromatic heterocycles. The van der Waals surface area contributed by atoms with Crippen molar-refractivity contribution in [3.63, 3.8) is 0 Å². The number of esters is 1. The number of aromatic nitrogens is 3. The molecule has 0 radical (unpaired) electrons. The van der Waals surface area contributed by atoms with Gasteiger partial charge < -0.3 is 9.47 Å². The number of hydrogen-bond acceptors (Lipinski definition) is 6. The van der Waals surface area contributed by atoms with Gasteiger partial charge >= 0.3 is 5.97 Å². The van der Waals surface area contributed by atoms with Crippen LogP contribution in [0.4, 0.5) is 8.78 Å². The van der Waals surface area contributed by atoms with Crippen molar-refractivity contribution in [3.05, 3.63) is 70.8 Å². The molecule has 0 spiro atoms. The van der Waals surface area contributed by atoms with Crippen molar-refractivity contribution in [2.24, 2.45) is 5.10 Å². The van der Waals surface area contributed by atoms with Crippen LogP contribution in [0.15, 0.2) is 48.1 Å². The van der Waals surface area contributed by atoms with Gasteiger partial charge in [0.1, 0.15) is 12.7 Å². The molecule has 7 nitrogen and oxygen atoms in total. The van der Waals surface area contributed by atoms with Gasteiger partial charge in [0.05, 0.1) is 23.9 Å². The highest BCUT2D eigenvalue weighted by molar-refractivity contribution is 6.33. The van der Waals surface area contributed by atoms with E-state index in [1.54, 1.807) is 12.1 Å². The second kappa shape index (κ2) is 7.92. The lowest BCUT2D eigenvalue weighted by Gasteiger charge is -2.11. The first-order valence-electron chi connectivity index (χ1n) is 7.41. The SMILES string of the molecule is COc1cc(/C=N\n2cnnc2)ccc1OC(=O)c1cc(F)c(F)cc1Cl. The van der Waals surface area contributed by atoms with Crippen LogP contribution in [0.5, 0.6) is 11.5 Å². The van der Waals surface area contributed by atoms with Crippen LogP contribution in [0.25, 0.3) is 0 Å². The van der Waals surface area contributed by atoms with Gasteiger partial charge in [-0.1, -0.05) is 11.6 Å². The highest BCUT2D eigenvalue weighted by Crippen LogP contribution is 2.29. The number of methoxy groups -OCH3 is 1. The van der Waals surface area contributed by atoms with Gasteiger partial charge in [0.25, 0.3) is 0 Å². The molecule has 0 fully saturated rings. The first kappa shape index (κ1) is 18.5. The van der Waals surface area contributed by atoms with Crippen molar-refractivity contribution in [1.29, 1.82) is 0 Å². The molecule has 0 aliphatic carbocycles. The third kappa shape index (κ3) is 4.26. The van der Waals surface area contributed by atoms with Crippen LogP contribution >= 0.6 is 11.6 Å². The van der Waals surface area contributed by atoms with Crippen molar-refractivity contribution in [2.45, 2.75) is 0 Å². The average molecular weight is 393 g/mol. The van der Waals surface area contributed by atoms with Gasteiger partial charge in [0.2, 0.25) is 0 Å². The Hall–Kier alpha value is -3.33. The largest absolute Gasteiger partial charge is 0.493 e. The molecule has 0 saturated carbocycles. The molecule has 0 saturated heterocycles. The van der Waals surface area contributed by atoms with Gasteiger partial charge in [-0.05, 0) is 35.9 Å². The maximum absolute atomic E-state index is 13.4. The van der Waals surface area contributed by atoms with E-state index >= 15 is 0 Å². The van der Waals surface area contributed by atoms with Gasteiger partial charge in [-0.3, -0.25) is 0 Å². The fourth-order valence-electron chi connectivity index (χ4n) is 2.07. The molecule has 27 heavy (non-hydrogen) atoms. The number of nitrogens with zero attached hydrogens (tertiary/aromatic N) is 4. The summed E-state index contributed by atoms with van der Waals surface area (Å²) in [6.07, 6.45) is 4.34. The zero-order valence-corrected chi connectivity index (χ0v) is 14.5. The summed E-state index contributed by atoms with van der Waals surface area (Å²) in [4.78, 5) is 12.2. The van der Waals surface area contributed by atoms with Crippen LogP contribution in [0.3, 0.4) is 0 Å². The smallest absolute Gasteiger partial charge is 0.345 e. The second-order valence-corrected chi connectivity index (χ2v) is 5.54. The number of carbonyl (C=O) groups is 1. The van der Waals surface area contributed by atoms with Gasteiger partial charge in [0, 0.05) is 0 Å². The summed E-state index contributed by atoms with van der Waals surface area (Å²) in [5, 5.41) is 11.1. The van der Waals surface area contributed by atoms with Crippen LogP contribution in [0.2, 0.25) is 5.02 Å². The minimum absolute atomic E-state index is 0.0738. The summed E-state index contributed by atoms with van der Waals surface area (Å²) < 4.78 is 38.3. The molecular formula is C17H11ClF2N4O3. The Morgan fingerprint density at radius 3 is 2.56 bits per heavy atom.